The fourth-order valence-electron chi connectivity index (χ4n) is 6.48. The first-order valence-electron chi connectivity index (χ1n) is 16.8. The minimum atomic E-state index is -0.803. The van der Waals surface area contributed by atoms with E-state index in [4.69, 9.17) is 19.2 Å². The van der Waals surface area contributed by atoms with Crippen LogP contribution in [0.4, 0.5) is 0 Å². The third kappa shape index (κ3) is 6.54. The molecular formula is C39H38N4O6S. The average Bonchev–Trinajstić information content (AvgIpc) is 3.64. The highest BCUT2D eigenvalue weighted by atomic mass is 32.1. The molecule has 2 aromatic heterocycles. The van der Waals surface area contributed by atoms with E-state index in [9.17, 15) is 14.4 Å². The second-order valence-corrected chi connectivity index (χ2v) is 13.4. The highest BCUT2D eigenvalue weighted by molar-refractivity contribution is 7.07. The molecule has 0 bridgehead atoms. The highest BCUT2D eigenvalue weighted by Crippen LogP contribution is 2.36. The number of carbonyl (C=O) groups excluding carboxylic acids is 2. The predicted molar refractivity (Wildman–Crippen MR) is 193 cm³/mol. The van der Waals surface area contributed by atoms with Crippen LogP contribution in [0.2, 0.25) is 0 Å². The normalized spacial score (nSPS) is 16.4. The molecule has 7 rings (SSSR count). The summed E-state index contributed by atoms with van der Waals surface area (Å²) in [5.41, 5.74) is 3.63. The first-order valence-corrected chi connectivity index (χ1v) is 17.6. The molecule has 1 saturated heterocycles. The highest BCUT2D eigenvalue weighted by Gasteiger charge is 2.35. The largest absolute Gasteiger partial charge is 0.491 e. The Bertz CT molecular complexity index is 2260. The van der Waals surface area contributed by atoms with E-state index in [0.717, 1.165) is 27.6 Å². The molecule has 4 heterocycles. The molecule has 0 N–H and O–H groups in total. The summed E-state index contributed by atoms with van der Waals surface area (Å²) in [6, 6.07) is 24.0. The summed E-state index contributed by atoms with van der Waals surface area (Å²) >= 11 is 1.27. The van der Waals surface area contributed by atoms with Crippen LogP contribution in [0.1, 0.15) is 43.5 Å². The molecule has 1 fully saturated rings. The van der Waals surface area contributed by atoms with Crippen molar-refractivity contribution in [2.75, 3.05) is 32.9 Å². The molecule has 0 aliphatic carbocycles. The van der Waals surface area contributed by atoms with Crippen LogP contribution in [0.5, 0.6) is 5.75 Å². The van der Waals surface area contributed by atoms with Gasteiger partial charge in [-0.1, -0.05) is 72.0 Å². The average molecular weight is 691 g/mol. The van der Waals surface area contributed by atoms with Crippen molar-refractivity contribution in [3.8, 4) is 5.75 Å². The van der Waals surface area contributed by atoms with Gasteiger partial charge in [-0.25, -0.2) is 9.79 Å². The van der Waals surface area contributed by atoms with E-state index in [-0.39, 0.29) is 36.3 Å². The number of fused-ring (bicyclic) bond motifs is 2. The number of carbonyl (C=O) groups is 2. The van der Waals surface area contributed by atoms with Gasteiger partial charge in [0.05, 0.1) is 47.8 Å². The van der Waals surface area contributed by atoms with Crippen molar-refractivity contribution in [1.82, 2.24) is 14.0 Å². The van der Waals surface area contributed by atoms with E-state index < -0.39 is 12.0 Å². The molecule has 0 radical (unpaired) electrons. The summed E-state index contributed by atoms with van der Waals surface area (Å²) in [5, 5.41) is 0.919. The summed E-state index contributed by atoms with van der Waals surface area (Å²) in [4.78, 5) is 48.8. The predicted octanol–water partition coefficient (Wildman–Crippen LogP) is 4.54. The zero-order valence-corrected chi connectivity index (χ0v) is 29.0. The Labute approximate surface area is 293 Å². The molecule has 10 nitrogen and oxygen atoms in total. The lowest BCUT2D eigenvalue weighted by Crippen LogP contribution is -2.42. The maximum Gasteiger partial charge on any atom is 0.338 e. The zero-order valence-electron chi connectivity index (χ0n) is 28.2. The minimum Gasteiger partial charge on any atom is -0.491 e. The number of esters is 1. The monoisotopic (exact) mass is 690 g/mol. The van der Waals surface area contributed by atoms with Gasteiger partial charge in [-0.2, -0.15) is 0 Å². The van der Waals surface area contributed by atoms with Crippen molar-refractivity contribution in [2.45, 2.75) is 39.5 Å². The number of ether oxygens (including phenoxy) is 3. The molecule has 2 aliphatic rings. The lowest BCUT2D eigenvalue weighted by atomic mass is 9.93. The quantitative estimate of drug-likeness (QED) is 0.211. The number of hydrogen-bond acceptors (Lipinski definition) is 8. The van der Waals surface area contributed by atoms with Gasteiger partial charge in [-0.3, -0.25) is 14.2 Å². The maximum atomic E-state index is 14.5. The summed E-state index contributed by atoms with van der Waals surface area (Å²) in [7, 11) is 0. The van der Waals surface area contributed by atoms with Crippen LogP contribution >= 0.6 is 11.3 Å². The molecule has 5 aromatic rings. The van der Waals surface area contributed by atoms with E-state index in [0.29, 0.717) is 47.1 Å². The number of para-hydroxylation sites is 1. The van der Waals surface area contributed by atoms with E-state index in [2.05, 4.69) is 0 Å². The number of morpholine rings is 1. The van der Waals surface area contributed by atoms with E-state index >= 15 is 0 Å². The van der Waals surface area contributed by atoms with Crippen LogP contribution in [0.25, 0.3) is 22.7 Å². The van der Waals surface area contributed by atoms with Gasteiger partial charge in [0.25, 0.3) is 5.56 Å². The van der Waals surface area contributed by atoms with Crippen molar-refractivity contribution in [3.63, 3.8) is 0 Å². The van der Waals surface area contributed by atoms with Gasteiger partial charge in [0.1, 0.15) is 12.3 Å². The SMILES string of the molecule is CCOC(=O)C1=C(c2ccccc2)N=c2s/c(=C\c3cn(CC(=O)N4CCOCC4)c4ccccc34)c(=O)n2[C@H]1c1ccc(OC(C)C)cc1. The maximum absolute atomic E-state index is 14.5. The number of amides is 1. The molecule has 2 aliphatic heterocycles. The third-order valence-electron chi connectivity index (χ3n) is 8.72. The molecule has 3 aromatic carbocycles. The van der Waals surface area contributed by atoms with Crippen molar-refractivity contribution >= 4 is 45.9 Å². The van der Waals surface area contributed by atoms with E-state index in [1.807, 2.05) is 114 Å². The fraction of sp³-hybridized carbons (Fsp3) is 0.282. The number of aromatic nitrogens is 2. The van der Waals surface area contributed by atoms with Crippen LogP contribution in [-0.4, -0.2) is 64.9 Å². The van der Waals surface area contributed by atoms with Crippen molar-refractivity contribution in [2.24, 2.45) is 4.99 Å². The second-order valence-electron chi connectivity index (χ2n) is 12.4. The smallest absolute Gasteiger partial charge is 0.338 e. The Balaban J connectivity index is 1.39. The van der Waals surface area contributed by atoms with Gasteiger partial charge in [-0.15, -0.1) is 0 Å². The van der Waals surface area contributed by atoms with Crippen LogP contribution in [0.15, 0.2) is 100 Å². The summed E-state index contributed by atoms with van der Waals surface area (Å²) in [5.74, 6) is 0.166. The van der Waals surface area contributed by atoms with Crippen LogP contribution in [-0.2, 0) is 25.6 Å². The van der Waals surface area contributed by atoms with Gasteiger partial charge < -0.3 is 23.7 Å². The summed E-state index contributed by atoms with van der Waals surface area (Å²) in [6.07, 6.45) is 3.77. The molecule has 0 unspecified atom stereocenters. The number of nitrogens with zero attached hydrogens (tertiary/aromatic N) is 4. The molecule has 0 spiro atoms. The third-order valence-corrected chi connectivity index (χ3v) is 9.70. The summed E-state index contributed by atoms with van der Waals surface area (Å²) < 4.78 is 20.9. The van der Waals surface area contributed by atoms with E-state index in [1.165, 1.54) is 11.3 Å². The Morgan fingerprint density at radius 3 is 2.44 bits per heavy atom. The number of hydrogen-bond donors (Lipinski definition) is 0. The van der Waals surface area contributed by atoms with E-state index in [1.54, 1.807) is 11.5 Å². The van der Waals surface area contributed by atoms with Gasteiger partial charge in [0, 0.05) is 41.3 Å². The summed E-state index contributed by atoms with van der Waals surface area (Å²) in [6.45, 7) is 8.22. The van der Waals surface area contributed by atoms with Gasteiger partial charge in [-0.05, 0) is 50.6 Å². The van der Waals surface area contributed by atoms with Crippen molar-refractivity contribution in [1.29, 1.82) is 0 Å². The molecule has 1 atom stereocenters. The molecule has 0 saturated carbocycles. The van der Waals surface area contributed by atoms with Crippen LogP contribution in [0.3, 0.4) is 0 Å². The number of rotatable bonds is 9. The number of benzene rings is 3. The standard InChI is InChI=1S/C39H38N4O6S/c1-4-48-38(46)34-35(26-10-6-5-7-11-26)40-39-43(36(34)27-14-16-29(17-15-27)49-25(2)3)37(45)32(50-39)22-28-23-42(31-13-9-8-12-30(28)31)24-33(44)41-18-20-47-21-19-41/h5-17,22-23,25,36H,4,18-21,24H2,1-3H3/b32-22-/t36-/m0/s1. The van der Waals surface area contributed by atoms with Gasteiger partial charge >= 0.3 is 5.97 Å². The Morgan fingerprint density at radius 1 is 1.00 bits per heavy atom. The minimum absolute atomic E-state index is 0.0124. The Kier molecular flexibility index (Phi) is 9.51. The first-order chi connectivity index (χ1) is 24.3. The zero-order chi connectivity index (χ0) is 34.8. The van der Waals surface area contributed by atoms with Crippen LogP contribution < -0.4 is 19.6 Å². The van der Waals surface area contributed by atoms with Gasteiger partial charge in [0.2, 0.25) is 5.91 Å². The van der Waals surface area contributed by atoms with Crippen LogP contribution in [0, 0.1) is 0 Å². The topological polar surface area (TPSA) is 104 Å². The van der Waals surface area contributed by atoms with Crippen molar-refractivity contribution < 1.29 is 23.8 Å². The van der Waals surface area contributed by atoms with Crippen molar-refractivity contribution in [3.05, 3.63) is 127 Å². The Morgan fingerprint density at radius 2 is 1.72 bits per heavy atom. The first kappa shape index (κ1) is 33.2. The second kappa shape index (κ2) is 14.3. The lowest BCUT2D eigenvalue weighted by Gasteiger charge is -2.27. The molecular weight excluding hydrogens is 653 g/mol. The molecule has 1 amide bonds. The lowest BCUT2D eigenvalue weighted by molar-refractivity contribution is -0.139. The molecule has 11 heteroatoms. The molecule has 50 heavy (non-hydrogen) atoms. The molecule has 256 valence electrons. The Hall–Kier alpha value is -5.26. The van der Waals surface area contributed by atoms with Gasteiger partial charge in [0.15, 0.2) is 4.80 Å². The fourth-order valence-corrected chi connectivity index (χ4v) is 7.47. The number of thiazole rings is 1.